The lowest BCUT2D eigenvalue weighted by atomic mass is 10.1. The molecule has 0 saturated heterocycles. The van der Waals surface area contributed by atoms with Crippen LogP contribution in [0.1, 0.15) is 12.6 Å². The zero-order valence-electron chi connectivity index (χ0n) is 8.62. The maximum absolute atomic E-state index is 5.16. The van der Waals surface area contributed by atoms with Crippen LogP contribution in [0.25, 0.3) is 10.9 Å². The van der Waals surface area contributed by atoms with E-state index in [9.17, 15) is 0 Å². The average molecular weight is 267 g/mol. The van der Waals surface area contributed by atoms with Gasteiger partial charge in [0.1, 0.15) is 5.75 Å². The zero-order valence-corrected chi connectivity index (χ0v) is 10.2. The number of methoxy groups -OCH3 is 1. The summed E-state index contributed by atoms with van der Waals surface area (Å²) in [6.07, 6.45) is 0.893. The van der Waals surface area contributed by atoms with Crippen molar-refractivity contribution in [2.24, 2.45) is 0 Å². The maximum Gasteiger partial charge on any atom is 0.197 e. The van der Waals surface area contributed by atoms with E-state index < -0.39 is 0 Å². The molecule has 4 heteroatoms. The first-order valence-corrected chi connectivity index (χ1v) is 5.54. The monoisotopic (exact) mass is 266 g/mol. The summed E-state index contributed by atoms with van der Waals surface area (Å²) in [5, 5.41) is 1.08. The average Bonchev–Trinajstić information content (AvgIpc) is 2.26. The molecule has 1 aromatic heterocycles. The third-order valence-corrected chi connectivity index (χ3v) is 2.65. The molecule has 1 heterocycles. The van der Waals surface area contributed by atoms with Gasteiger partial charge in [-0.1, -0.05) is 6.92 Å². The topological polar surface area (TPSA) is 35.0 Å². The first-order chi connectivity index (χ1) is 7.24. The molecule has 1 aromatic carbocycles. The van der Waals surface area contributed by atoms with E-state index >= 15 is 0 Å². The molecule has 2 rings (SSSR count). The van der Waals surface area contributed by atoms with E-state index in [4.69, 9.17) is 4.74 Å². The van der Waals surface area contributed by atoms with Crippen molar-refractivity contribution in [3.8, 4) is 5.75 Å². The van der Waals surface area contributed by atoms with Crippen LogP contribution in [-0.2, 0) is 6.42 Å². The van der Waals surface area contributed by atoms with Crippen LogP contribution >= 0.6 is 15.9 Å². The summed E-state index contributed by atoms with van der Waals surface area (Å²) in [5.41, 5.74) is 1.96. The van der Waals surface area contributed by atoms with Crippen LogP contribution in [0.4, 0.5) is 0 Å². The number of rotatable bonds is 2. The Labute approximate surface area is 96.6 Å². The van der Waals surface area contributed by atoms with Gasteiger partial charge < -0.3 is 4.74 Å². The second-order valence-corrected chi connectivity index (χ2v) is 3.89. The number of aryl methyl sites for hydroxylation is 1. The molecule has 3 nitrogen and oxygen atoms in total. The highest BCUT2D eigenvalue weighted by Crippen LogP contribution is 2.23. The summed E-state index contributed by atoms with van der Waals surface area (Å²) in [6, 6.07) is 5.85. The highest BCUT2D eigenvalue weighted by molar-refractivity contribution is 9.10. The molecule has 15 heavy (non-hydrogen) atoms. The largest absolute Gasteiger partial charge is 0.497 e. The lowest BCUT2D eigenvalue weighted by molar-refractivity contribution is 0.415. The van der Waals surface area contributed by atoms with Crippen LogP contribution in [0.2, 0.25) is 0 Å². The van der Waals surface area contributed by atoms with Gasteiger partial charge in [0, 0.05) is 11.5 Å². The quantitative estimate of drug-likeness (QED) is 0.784. The summed E-state index contributed by atoms with van der Waals surface area (Å²) in [5.74, 6) is 0.815. The lowest BCUT2D eigenvalue weighted by Gasteiger charge is -2.05. The molecule has 0 aliphatic rings. The Morgan fingerprint density at radius 2 is 2.13 bits per heavy atom. The first kappa shape index (κ1) is 10.4. The molecule has 0 fully saturated rings. The second kappa shape index (κ2) is 4.14. The molecular formula is C11H11BrN2O. The molecule has 78 valence electrons. The number of hydrogen-bond acceptors (Lipinski definition) is 3. The molecule has 0 N–H and O–H groups in total. The lowest BCUT2D eigenvalue weighted by Crippen LogP contribution is -1.94. The standard InChI is InChI=1S/C11H11BrN2O/c1-3-9-8-5-4-7(15-2)6-10(8)14-11(12)13-9/h4-6H,3H2,1-2H3. The van der Waals surface area contributed by atoms with Gasteiger partial charge in [-0.3, -0.25) is 0 Å². The van der Waals surface area contributed by atoms with E-state index in [1.807, 2.05) is 18.2 Å². The van der Waals surface area contributed by atoms with Gasteiger partial charge in [-0.05, 0) is 34.5 Å². The van der Waals surface area contributed by atoms with Crippen molar-refractivity contribution in [1.29, 1.82) is 0 Å². The number of nitrogens with zero attached hydrogens (tertiary/aromatic N) is 2. The van der Waals surface area contributed by atoms with Crippen LogP contribution in [0.5, 0.6) is 5.75 Å². The molecule has 0 aliphatic heterocycles. The number of fused-ring (bicyclic) bond motifs is 1. The fourth-order valence-corrected chi connectivity index (χ4v) is 1.95. The molecule has 0 bridgehead atoms. The molecule has 0 unspecified atom stereocenters. The van der Waals surface area contributed by atoms with Crippen LogP contribution in [-0.4, -0.2) is 17.1 Å². The Kier molecular flexibility index (Phi) is 2.86. The minimum absolute atomic E-state index is 0.625. The molecule has 0 saturated carbocycles. The Morgan fingerprint density at radius 1 is 1.33 bits per heavy atom. The first-order valence-electron chi connectivity index (χ1n) is 4.74. The van der Waals surface area contributed by atoms with Crippen LogP contribution < -0.4 is 4.74 Å². The highest BCUT2D eigenvalue weighted by atomic mass is 79.9. The summed E-state index contributed by atoms with van der Waals surface area (Å²) in [7, 11) is 1.65. The predicted molar refractivity (Wildman–Crippen MR) is 63.2 cm³/mol. The van der Waals surface area contributed by atoms with Gasteiger partial charge in [-0.15, -0.1) is 0 Å². The molecule has 0 atom stereocenters. The van der Waals surface area contributed by atoms with E-state index in [1.54, 1.807) is 7.11 Å². The van der Waals surface area contributed by atoms with Crippen LogP contribution in [0, 0.1) is 0 Å². The highest BCUT2D eigenvalue weighted by Gasteiger charge is 2.05. The van der Waals surface area contributed by atoms with Crippen molar-refractivity contribution in [3.05, 3.63) is 28.6 Å². The Balaban J connectivity index is 2.72. The molecular weight excluding hydrogens is 256 g/mol. The summed E-state index contributed by atoms with van der Waals surface area (Å²) in [6.45, 7) is 2.08. The fourth-order valence-electron chi connectivity index (χ4n) is 1.54. The SMILES string of the molecule is CCc1nc(Br)nc2cc(OC)ccc12. The molecule has 0 aliphatic carbocycles. The van der Waals surface area contributed by atoms with Gasteiger partial charge in [0.25, 0.3) is 0 Å². The summed E-state index contributed by atoms with van der Waals surface area (Å²) < 4.78 is 5.79. The number of halogens is 1. The number of hydrogen-bond donors (Lipinski definition) is 0. The number of ether oxygens (including phenoxy) is 1. The van der Waals surface area contributed by atoms with E-state index in [-0.39, 0.29) is 0 Å². The van der Waals surface area contributed by atoms with Crippen molar-refractivity contribution in [1.82, 2.24) is 9.97 Å². The van der Waals surface area contributed by atoms with Crippen LogP contribution in [0.3, 0.4) is 0 Å². The Morgan fingerprint density at radius 3 is 2.80 bits per heavy atom. The van der Waals surface area contributed by atoms with E-state index in [0.717, 1.165) is 28.8 Å². The fraction of sp³-hybridized carbons (Fsp3) is 0.273. The van der Waals surface area contributed by atoms with Gasteiger partial charge in [0.15, 0.2) is 4.73 Å². The van der Waals surface area contributed by atoms with Crippen LogP contribution in [0.15, 0.2) is 22.9 Å². The minimum atomic E-state index is 0.625. The third kappa shape index (κ3) is 1.95. The molecule has 0 spiro atoms. The van der Waals surface area contributed by atoms with E-state index in [1.165, 1.54) is 0 Å². The van der Waals surface area contributed by atoms with Gasteiger partial charge in [-0.2, -0.15) is 0 Å². The van der Waals surface area contributed by atoms with E-state index in [0.29, 0.717) is 4.73 Å². The maximum atomic E-state index is 5.16. The van der Waals surface area contributed by atoms with Gasteiger partial charge in [0.05, 0.1) is 18.3 Å². The van der Waals surface area contributed by atoms with Crippen molar-refractivity contribution in [3.63, 3.8) is 0 Å². The third-order valence-electron chi connectivity index (χ3n) is 2.29. The number of benzene rings is 1. The van der Waals surface area contributed by atoms with Gasteiger partial charge >= 0.3 is 0 Å². The normalized spacial score (nSPS) is 10.6. The van der Waals surface area contributed by atoms with E-state index in [2.05, 4.69) is 32.8 Å². The molecule has 0 radical (unpaired) electrons. The van der Waals surface area contributed by atoms with Crippen molar-refractivity contribution < 1.29 is 4.74 Å². The molecule has 0 amide bonds. The second-order valence-electron chi connectivity index (χ2n) is 3.18. The Bertz CT molecular complexity index is 499. The zero-order chi connectivity index (χ0) is 10.8. The van der Waals surface area contributed by atoms with Gasteiger partial charge in [-0.25, -0.2) is 9.97 Å². The van der Waals surface area contributed by atoms with Crippen molar-refractivity contribution in [2.75, 3.05) is 7.11 Å². The summed E-state index contributed by atoms with van der Waals surface area (Å²) >= 11 is 3.31. The smallest absolute Gasteiger partial charge is 0.197 e. The minimum Gasteiger partial charge on any atom is -0.497 e. The van der Waals surface area contributed by atoms with Gasteiger partial charge in [0.2, 0.25) is 0 Å². The predicted octanol–water partition coefficient (Wildman–Crippen LogP) is 2.96. The number of aromatic nitrogens is 2. The van der Waals surface area contributed by atoms with Crippen molar-refractivity contribution in [2.45, 2.75) is 13.3 Å². The summed E-state index contributed by atoms with van der Waals surface area (Å²) in [4.78, 5) is 8.66. The molecule has 2 aromatic rings. The Hall–Kier alpha value is -1.16. The van der Waals surface area contributed by atoms with Crippen molar-refractivity contribution >= 4 is 26.8 Å².